The second-order valence-electron chi connectivity index (χ2n) is 7.15. The van der Waals surface area contributed by atoms with Crippen LogP contribution in [-0.2, 0) is 4.74 Å². The van der Waals surface area contributed by atoms with Crippen LogP contribution in [0.5, 0.6) is 5.75 Å². The Morgan fingerprint density at radius 1 is 1.32 bits per heavy atom. The van der Waals surface area contributed by atoms with Gasteiger partial charge in [0, 0.05) is 30.5 Å². The zero-order valence-corrected chi connectivity index (χ0v) is 15.0. The highest BCUT2D eigenvalue weighted by molar-refractivity contribution is 5.69. The maximum absolute atomic E-state index is 12.3. The van der Waals surface area contributed by atoms with E-state index in [0.29, 0.717) is 12.8 Å². The van der Waals surface area contributed by atoms with Gasteiger partial charge in [0.1, 0.15) is 11.4 Å². The van der Waals surface area contributed by atoms with E-state index in [-0.39, 0.29) is 24.3 Å². The smallest absolute Gasteiger partial charge is 0.410 e. The first-order chi connectivity index (χ1) is 11.9. The summed E-state index contributed by atoms with van der Waals surface area (Å²) in [6.45, 7) is 3.69. The number of rotatable bonds is 2. The van der Waals surface area contributed by atoms with E-state index < -0.39 is 5.60 Å². The van der Waals surface area contributed by atoms with Gasteiger partial charge in [-0.1, -0.05) is 17.9 Å². The van der Waals surface area contributed by atoms with Crippen LogP contribution in [0.1, 0.15) is 45.1 Å². The van der Waals surface area contributed by atoms with Gasteiger partial charge in [0.25, 0.3) is 0 Å². The van der Waals surface area contributed by atoms with E-state index in [2.05, 4.69) is 11.8 Å². The number of aliphatic hydroxyl groups is 1. The molecule has 0 radical (unpaired) electrons. The Morgan fingerprint density at radius 2 is 2.00 bits per heavy atom. The molecule has 2 saturated heterocycles. The third-order valence-corrected chi connectivity index (χ3v) is 4.82. The van der Waals surface area contributed by atoms with Crippen LogP contribution in [0, 0.1) is 11.8 Å². The average molecular weight is 343 g/mol. The minimum Gasteiger partial charge on any atom is -0.497 e. The molecule has 0 saturated carbocycles. The van der Waals surface area contributed by atoms with Crippen LogP contribution < -0.4 is 4.74 Å². The summed E-state index contributed by atoms with van der Waals surface area (Å²) in [5.74, 6) is 6.84. The van der Waals surface area contributed by atoms with Crippen molar-refractivity contribution in [1.82, 2.24) is 4.90 Å². The number of methoxy groups -OCH3 is 1. The van der Waals surface area contributed by atoms with E-state index in [1.54, 1.807) is 7.11 Å². The van der Waals surface area contributed by atoms with Crippen LogP contribution in [0.2, 0.25) is 0 Å². The van der Waals surface area contributed by atoms with Crippen molar-refractivity contribution in [2.75, 3.05) is 7.11 Å². The topological polar surface area (TPSA) is 59.0 Å². The van der Waals surface area contributed by atoms with E-state index in [9.17, 15) is 9.90 Å². The van der Waals surface area contributed by atoms with E-state index >= 15 is 0 Å². The zero-order valence-electron chi connectivity index (χ0n) is 15.0. The van der Waals surface area contributed by atoms with Crippen LogP contribution in [0.15, 0.2) is 24.3 Å². The monoisotopic (exact) mass is 343 g/mol. The molecule has 0 aromatic heterocycles. The molecule has 1 aromatic rings. The van der Waals surface area contributed by atoms with Crippen molar-refractivity contribution in [2.24, 2.45) is 0 Å². The SMILES string of the molecule is COc1cccc(C#CC2(O)CC3CCC(C2)N3C(=O)OC(C)C)c1. The summed E-state index contributed by atoms with van der Waals surface area (Å²) in [5.41, 5.74) is -0.259. The van der Waals surface area contributed by atoms with Gasteiger partial charge in [-0.15, -0.1) is 0 Å². The first-order valence-electron chi connectivity index (χ1n) is 8.79. The van der Waals surface area contributed by atoms with Crippen molar-refractivity contribution < 1.29 is 19.4 Å². The molecule has 2 fully saturated rings. The molecule has 5 nitrogen and oxygen atoms in total. The molecule has 1 N–H and O–H groups in total. The molecule has 134 valence electrons. The molecule has 25 heavy (non-hydrogen) atoms. The standard InChI is InChI=1S/C20H25NO4/c1-14(2)25-19(22)21-16-7-8-17(21)13-20(23,12-16)10-9-15-5-4-6-18(11-15)24-3/h4-6,11,14,16-17,23H,7-8,12-13H2,1-3H3. The van der Waals surface area contributed by atoms with Crippen LogP contribution in [0.4, 0.5) is 4.79 Å². The van der Waals surface area contributed by atoms with Crippen molar-refractivity contribution >= 4 is 6.09 Å². The number of carbonyl (C=O) groups is 1. The lowest BCUT2D eigenvalue weighted by Gasteiger charge is -2.40. The fraction of sp³-hybridized carbons (Fsp3) is 0.550. The first-order valence-corrected chi connectivity index (χ1v) is 8.79. The van der Waals surface area contributed by atoms with E-state index in [1.807, 2.05) is 43.0 Å². The molecular formula is C20H25NO4. The summed E-state index contributed by atoms with van der Waals surface area (Å²) in [5, 5.41) is 10.9. The van der Waals surface area contributed by atoms with Gasteiger partial charge >= 0.3 is 6.09 Å². The fourth-order valence-corrected chi connectivity index (χ4v) is 3.78. The van der Waals surface area contributed by atoms with Crippen LogP contribution in [0.3, 0.4) is 0 Å². The van der Waals surface area contributed by atoms with Gasteiger partial charge in [-0.25, -0.2) is 4.79 Å². The summed E-state index contributed by atoms with van der Waals surface area (Å²) >= 11 is 0. The third kappa shape index (κ3) is 3.91. The third-order valence-electron chi connectivity index (χ3n) is 4.82. The lowest BCUT2D eigenvalue weighted by Crippen LogP contribution is -2.53. The zero-order chi connectivity index (χ0) is 18.0. The van der Waals surface area contributed by atoms with Gasteiger partial charge in [0.2, 0.25) is 0 Å². The molecule has 2 aliphatic heterocycles. The summed E-state index contributed by atoms with van der Waals surface area (Å²) < 4.78 is 10.5. The Labute approximate surface area is 148 Å². The van der Waals surface area contributed by atoms with Crippen LogP contribution in [0.25, 0.3) is 0 Å². The Hall–Kier alpha value is -2.19. The van der Waals surface area contributed by atoms with Crippen molar-refractivity contribution in [3.63, 3.8) is 0 Å². The number of benzene rings is 1. The largest absolute Gasteiger partial charge is 0.497 e. The number of hydrogen-bond acceptors (Lipinski definition) is 4. The normalized spacial score (nSPS) is 27.6. The Bertz CT molecular complexity index is 689. The molecule has 0 spiro atoms. The average Bonchev–Trinajstić information content (AvgIpc) is 2.86. The number of carbonyl (C=O) groups excluding carboxylic acids is 1. The number of piperidine rings is 1. The maximum Gasteiger partial charge on any atom is 0.410 e. The van der Waals surface area contributed by atoms with E-state index in [4.69, 9.17) is 9.47 Å². The van der Waals surface area contributed by atoms with Gasteiger partial charge in [-0.05, 0) is 44.9 Å². The number of amides is 1. The van der Waals surface area contributed by atoms with Gasteiger partial charge < -0.3 is 19.5 Å². The molecule has 2 heterocycles. The number of ether oxygens (including phenoxy) is 2. The van der Waals surface area contributed by atoms with Gasteiger partial charge in [-0.2, -0.15) is 0 Å². The summed E-state index contributed by atoms with van der Waals surface area (Å²) in [6.07, 6.45) is 2.30. The summed E-state index contributed by atoms with van der Waals surface area (Å²) in [4.78, 5) is 14.1. The Morgan fingerprint density at radius 3 is 2.60 bits per heavy atom. The highest BCUT2D eigenvalue weighted by Crippen LogP contribution is 2.41. The van der Waals surface area contributed by atoms with Crippen molar-refractivity contribution in [1.29, 1.82) is 0 Å². The number of nitrogens with zero attached hydrogens (tertiary/aromatic N) is 1. The molecule has 3 rings (SSSR count). The lowest BCUT2D eigenvalue weighted by atomic mass is 9.86. The van der Waals surface area contributed by atoms with Crippen molar-refractivity contribution in [3.05, 3.63) is 29.8 Å². The highest BCUT2D eigenvalue weighted by atomic mass is 16.6. The van der Waals surface area contributed by atoms with E-state index in [1.165, 1.54) is 0 Å². The van der Waals surface area contributed by atoms with E-state index in [0.717, 1.165) is 24.2 Å². The van der Waals surface area contributed by atoms with Gasteiger partial charge in [0.15, 0.2) is 0 Å². The Balaban J connectivity index is 1.74. The molecule has 1 aromatic carbocycles. The predicted octanol–water partition coefficient (Wildman–Crippen LogP) is 2.95. The quantitative estimate of drug-likeness (QED) is 0.839. The minimum absolute atomic E-state index is 0.00499. The minimum atomic E-state index is -1.07. The molecule has 5 heteroatoms. The summed E-state index contributed by atoms with van der Waals surface area (Å²) in [7, 11) is 1.61. The molecule has 2 unspecified atom stereocenters. The maximum atomic E-state index is 12.3. The van der Waals surface area contributed by atoms with Crippen molar-refractivity contribution in [3.8, 4) is 17.6 Å². The molecule has 1 amide bonds. The molecule has 2 bridgehead atoms. The van der Waals surface area contributed by atoms with Gasteiger partial charge in [-0.3, -0.25) is 0 Å². The Kier molecular flexibility index (Phi) is 4.91. The first kappa shape index (κ1) is 17.6. The molecule has 2 aliphatic rings. The fourth-order valence-electron chi connectivity index (χ4n) is 3.78. The lowest BCUT2D eigenvalue weighted by molar-refractivity contribution is -0.0161. The summed E-state index contributed by atoms with van der Waals surface area (Å²) in [6, 6.07) is 7.46. The predicted molar refractivity (Wildman–Crippen MR) is 94.3 cm³/mol. The van der Waals surface area contributed by atoms with Gasteiger partial charge in [0.05, 0.1) is 13.2 Å². The molecule has 0 aliphatic carbocycles. The molecule has 2 atom stereocenters. The van der Waals surface area contributed by atoms with Crippen LogP contribution in [-0.4, -0.2) is 47.0 Å². The number of fused-ring (bicyclic) bond motifs is 2. The molecular weight excluding hydrogens is 318 g/mol. The number of hydrogen-bond donors (Lipinski definition) is 1. The van der Waals surface area contributed by atoms with Crippen LogP contribution >= 0.6 is 0 Å². The highest BCUT2D eigenvalue weighted by Gasteiger charge is 2.49. The van der Waals surface area contributed by atoms with Crippen molar-refractivity contribution in [2.45, 2.75) is 63.3 Å². The second-order valence-corrected chi connectivity index (χ2v) is 7.15. The second kappa shape index (κ2) is 6.97.